The largest absolute Gasteiger partial charge is 0.395 e. The van der Waals surface area contributed by atoms with Gasteiger partial charge in [0.05, 0.1) is 11.1 Å². The number of nitrogens with one attached hydrogen (secondary N) is 1. The molecule has 1 aliphatic rings. The summed E-state index contributed by atoms with van der Waals surface area (Å²) in [6.07, 6.45) is 1.48. The Labute approximate surface area is 131 Å². The highest BCUT2D eigenvalue weighted by molar-refractivity contribution is 9.10. The predicted molar refractivity (Wildman–Crippen MR) is 83.5 cm³/mol. The number of halogens is 1. The predicted octanol–water partition coefficient (Wildman–Crippen LogP) is 0.584. The minimum atomic E-state index is -0.277. The lowest BCUT2D eigenvalue weighted by atomic mass is 10.1. The standard InChI is InChI=1S/C14H20BrN3O3/c1-9-8-17(5-6-19)3-4-18(9)14(21)11-7-16-10(2)12(15)13(11)20/h7,9,19H,3-6,8H2,1-2H3,(H,16,20). The van der Waals surface area contributed by atoms with Gasteiger partial charge in [-0.25, -0.2) is 0 Å². The van der Waals surface area contributed by atoms with E-state index < -0.39 is 0 Å². The number of aliphatic hydroxyl groups excluding tert-OH is 1. The molecule has 6 nitrogen and oxygen atoms in total. The number of aromatic amines is 1. The number of amides is 1. The molecule has 7 heteroatoms. The lowest BCUT2D eigenvalue weighted by Crippen LogP contribution is -2.55. The van der Waals surface area contributed by atoms with E-state index in [9.17, 15) is 9.59 Å². The third-order valence-corrected chi connectivity index (χ3v) is 4.78. The highest BCUT2D eigenvalue weighted by Crippen LogP contribution is 2.14. The number of aryl methyl sites for hydroxylation is 1. The van der Waals surface area contributed by atoms with Crippen LogP contribution in [0.2, 0.25) is 0 Å². The van der Waals surface area contributed by atoms with Gasteiger partial charge in [0.25, 0.3) is 5.91 Å². The van der Waals surface area contributed by atoms with Crippen LogP contribution in [0.15, 0.2) is 15.5 Å². The van der Waals surface area contributed by atoms with Crippen molar-refractivity contribution in [3.63, 3.8) is 0 Å². The number of hydrogen-bond donors (Lipinski definition) is 2. The molecular formula is C14H20BrN3O3. The summed E-state index contributed by atoms with van der Waals surface area (Å²) in [7, 11) is 0. The number of rotatable bonds is 3. The first-order chi connectivity index (χ1) is 9.95. The SMILES string of the molecule is Cc1[nH]cc(C(=O)N2CCN(CCO)CC2C)c(=O)c1Br. The van der Waals surface area contributed by atoms with Gasteiger partial charge < -0.3 is 15.0 Å². The topological polar surface area (TPSA) is 76.6 Å². The summed E-state index contributed by atoms with van der Waals surface area (Å²) in [5.74, 6) is -0.243. The van der Waals surface area contributed by atoms with Crippen LogP contribution in [-0.4, -0.2) is 64.6 Å². The van der Waals surface area contributed by atoms with Crippen molar-refractivity contribution in [2.45, 2.75) is 19.9 Å². The van der Waals surface area contributed by atoms with E-state index in [4.69, 9.17) is 5.11 Å². The molecule has 1 aromatic rings. The first kappa shape index (κ1) is 16.2. The summed E-state index contributed by atoms with van der Waals surface area (Å²) in [5.41, 5.74) is 0.591. The zero-order valence-corrected chi connectivity index (χ0v) is 13.8. The Kier molecular flexibility index (Phi) is 5.18. The van der Waals surface area contributed by atoms with E-state index in [2.05, 4.69) is 25.8 Å². The van der Waals surface area contributed by atoms with Gasteiger partial charge in [0, 0.05) is 44.1 Å². The first-order valence-corrected chi connectivity index (χ1v) is 7.77. The zero-order chi connectivity index (χ0) is 15.6. The van der Waals surface area contributed by atoms with Crippen LogP contribution in [0.5, 0.6) is 0 Å². The molecule has 1 amide bonds. The fourth-order valence-corrected chi connectivity index (χ4v) is 2.92. The van der Waals surface area contributed by atoms with E-state index in [-0.39, 0.29) is 29.5 Å². The summed E-state index contributed by atoms with van der Waals surface area (Å²) in [6.45, 7) is 6.44. The van der Waals surface area contributed by atoms with Crippen LogP contribution in [0.25, 0.3) is 0 Å². The quantitative estimate of drug-likeness (QED) is 0.829. The van der Waals surface area contributed by atoms with Gasteiger partial charge in [-0.3, -0.25) is 14.5 Å². The van der Waals surface area contributed by atoms with Crippen molar-refractivity contribution in [1.82, 2.24) is 14.8 Å². The fraction of sp³-hybridized carbons (Fsp3) is 0.571. The zero-order valence-electron chi connectivity index (χ0n) is 12.2. The normalized spacial score (nSPS) is 19.8. The second-order valence-corrected chi connectivity index (χ2v) is 6.14. The van der Waals surface area contributed by atoms with Gasteiger partial charge in [-0.15, -0.1) is 0 Å². The van der Waals surface area contributed by atoms with Gasteiger partial charge in [-0.1, -0.05) is 0 Å². The molecule has 0 spiro atoms. The highest BCUT2D eigenvalue weighted by atomic mass is 79.9. The number of pyridine rings is 1. The minimum absolute atomic E-state index is 0.0114. The number of nitrogens with zero attached hydrogens (tertiary/aromatic N) is 2. The van der Waals surface area contributed by atoms with Gasteiger partial charge in [0.15, 0.2) is 0 Å². The van der Waals surface area contributed by atoms with Crippen LogP contribution in [0.3, 0.4) is 0 Å². The maximum Gasteiger partial charge on any atom is 0.259 e. The van der Waals surface area contributed by atoms with E-state index in [0.29, 0.717) is 36.3 Å². The van der Waals surface area contributed by atoms with Gasteiger partial charge in [0.1, 0.15) is 5.56 Å². The van der Waals surface area contributed by atoms with E-state index in [1.807, 2.05) is 6.92 Å². The molecule has 0 bridgehead atoms. The highest BCUT2D eigenvalue weighted by Gasteiger charge is 2.29. The summed E-state index contributed by atoms with van der Waals surface area (Å²) < 4.78 is 0.403. The number of carbonyl (C=O) groups excluding carboxylic acids is 1. The average molecular weight is 358 g/mol. The van der Waals surface area contributed by atoms with E-state index in [1.165, 1.54) is 6.20 Å². The molecule has 0 saturated carbocycles. The monoisotopic (exact) mass is 357 g/mol. The molecule has 2 heterocycles. The Morgan fingerprint density at radius 3 is 2.86 bits per heavy atom. The van der Waals surface area contributed by atoms with Gasteiger partial charge in [-0.05, 0) is 29.8 Å². The van der Waals surface area contributed by atoms with Crippen molar-refractivity contribution in [3.05, 3.63) is 32.2 Å². The number of aliphatic hydroxyl groups is 1. The third-order valence-electron chi connectivity index (χ3n) is 3.83. The van der Waals surface area contributed by atoms with Gasteiger partial charge in [-0.2, -0.15) is 0 Å². The van der Waals surface area contributed by atoms with Crippen molar-refractivity contribution in [2.75, 3.05) is 32.8 Å². The summed E-state index contributed by atoms with van der Waals surface area (Å²) in [6, 6.07) is 0.0114. The maximum atomic E-state index is 12.6. The molecule has 1 fully saturated rings. The van der Waals surface area contributed by atoms with Crippen molar-refractivity contribution in [3.8, 4) is 0 Å². The number of H-pyrrole nitrogens is 1. The molecule has 1 aromatic heterocycles. The molecule has 0 aromatic carbocycles. The van der Waals surface area contributed by atoms with Crippen LogP contribution in [0, 0.1) is 6.92 Å². The van der Waals surface area contributed by atoms with Crippen molar-refractivity contribution in [2.24, 2.45) is 0 Å². The Balaban J connectivity index is 2.18. The number of hydrogen-bond acceptors (Lipinski definition) is 4. The Bertz CT molecular complexity index is 587. The Hall–Kier alpha value is -1.18. The van der Waals surface area contributed by atoms with E-state index >= 15 is 0 Å². The van der Waals surface area contributed by atoms with Gasteiger partial charge >= 0.3 is 0 Å². The average Bonchev–Trinajstić information content (AvgIpc) is 2.45. The molecule has 1 unspecified atom stereocenters. The maximum absolute atomic E-state index is 12.6. The summed E-state index contributed by atoms with van der Waals surface area (Å²) in [5, 5.41) is 8.98. The summed E-state index contributed by atoms with van der Waals surface area (Å²) in [4.78, 5) is 31.5. The van der Waals surface area contributed by atoms with Crippen molar-refractivity contribution in [1.29, 1.82) is 0 Å². The molecule has 1 atom stereocenters. The van der Waals surface area contributed by atoms with E-state index in [0.717, 1.165) is 0 Å². The van der Waals surface area contributed by atoms with Crippen LogP contribution in [-0.2, 0) is 0 Å². The lowest BCUT2D eigenvalue weighted by molar-refractivity contribution is 0.0456. The Morgan fingerprint density at radius 1 is 1.52 bits per heavy atom. The number of carbonyl (C=O) groups is 1. The fourth-order valence-electron chi connectivity index (χ4n) is 2.59. The molecule has 1 aliphatic heterocycles. The molecule has 0 aliphatic carbocycles. The molecule has 1 saturated heterocycles. The second kappa shape index (κ2) is 6.72. The molecular weight excluding hydrogens is 338 g/mol. The molecule has 2 rings (SSSR count). The molecule has 0 radical (unpaired) electrons. The second-order valence-electron chi connectivity index (χ2n) is 5.34. The molecule has 21 heavy (non-hydrogen) atoms. The smallest absolute Gasteiger partial charge is 0.259 e. The Morgan fingerprint density at radius 2 is 2.24 bits per heavy atom. The number of piperazine rings is 1. The van der Waals surface area contributed by atoms with Crippen LogP contribution >= 0.6 is 15.9 Å². The van der Waals surface area contributed by atoms with E-state index in [1.54, 1.807) is 11.8 Å². The molecule has 2 N–H and O–H groups in total. The first-order valence-electron chi connectivity index (χ1n) is 6.97. The van der Waals surface area contributed by atoms with Crippen LogP contribution in [0.4, 0.5) is 0 Å². The summed E-state index contributed by atoms with van der Waals surface area (Å²) >= 11 is 3.22. The lowest BCUT2D eigenvalue weighted by Gasteiger charge is -2.39. The molecule has 116 valence electrons. The van der Waals surface area contributed by atoms with Crippen LogP contribution in [0.1, 0.15) is 23.0 Å². The minimum Gasteiger partial charge on any atom is -0.395 e. The number of β-amino-alcohol motifs (C(OH)–C–C–N with tert-alkyl or cyclic N) is 1. The van der Waals surface area contributed by atoms with Crippen LogP contribution < -0.4 is 5.43 Å². The van der Waals surface area contributed by atoms with Crippen molar-refractivity contribution < 1.29 is 9.90 Å². The number of aromatic nitrogens is 1. The third kappa shape index (κ3) is 3.36. The van der Waals surface area contributed by atoms with Crippen molar-refractivity contribution >= 4 is 21.8 Å². The van der Waals surface area contributed by atoms with Gasteiger partial charge in [0.2, 0.25) is 5.43 Å².